The largest absolute Gasteiger partial charge is 0.323 e. The van der Waals surface area contributed by atoms with Crippen LogP contribution in [-0.2, 0) is 0 Å². The first-order valence-electron chi connectivity index (χ1n) is 5.94. The van der Waals surface area contributed by atoms with Gasteiger partial charge >= 0.3 is 0 Å². The lowest BCUT2D eigenvalue weighted by atomic mass is 9.91. The van der Waals surface area contributed by atoms with Crippen LogP contribution in [0.15, 0.2) is 66.8 Å². The molecule has 0 aliphatic heterocycles. The van der Waals surface area contributed by atoms with E-state index in [-0.39, 0.29) is 6.04 Å². The van der Waals surface area contributed by atoms with Gasteiger partial charge in [-0.3, -0.25) is 0 Å². The maximum atomic E-state index is 6.36. The molecule has 1 aliphatic carbocycles. The summed E-state index contributed by atoms with van der Waals surface area (Å²) in [5.41, 5.74) is 7.59. The van der Waals surface area contributed by atoms with Crippen LogP contribution < -0.4 is 5.73 Å². The van der Waals surface area contributed by atoms with Crippen molar-refractivity contribution in [3.05, 3.63) is 72.3 Å². The molecule has 2 aromatic carbocycles. The highest BCUT2D eigenvalue weighted by Crippen LogP contribution is 2.30. The lowest BCUT2D eigenvalue weighted by Crippen LogP contribution is -2.17. The maximum absolute atomic E-state index is 6.36. The number of nitrogens with two attached hydrogens (primary N) is 1. The third-order valence-electron chi connectivity index (χ3n) is 3.37. The van der Waals surface area contributed by atoms with Gasteiger partial charge in [0.2, 0.25) is 0 Å². The van der Waals surface area contributed by atoms with Gasteiger partial charge in [0.25, 0.3) is 0 Å². The van der Waals surface area contributed by atoms with Gasteiger partial charge in [0.05, 0.1) is 0 Å². The molecule has 1 aliphatic rings. The van der Waals surface area contributed by atoms with Crippen molar-refractivity contribution in [2.24, 2.45) is 11.7 Å². The second-order valence-corrected chi connectivity index (χ2v) is 4.44. The minimum absolute atomic E-state index is 0.0381. The van der Waals surface area contributed by atoms with Crippen LogP contribution in [0.1, 0.15) is 11.6 Å². The molecule has 17 heavy (non-hydrogen) atoms. The van der Waals surface area contributed by atoms with Crippen LogP contribution in [0.2, 0.25) is 0 Å². The molecular formula is C16H15N. The third kappa shape index (κ3) is 1.79. The first kappa shape index (κ1) is 10.3. The van der Waals surface area contributed by atoms with Gasteiger partial charge in [-0.05, 0) is 16.3 Å². The van der Waals surface area contributed by atoms with Crippen LogP contribution in [0.4, 0.5) is 0 Å². The van der Waals surface area contributed by atoms with Crippen molar-refractivity contribution in [1.82, 2.24) is 0 Å². The van der Waals surface area contributed by atoms with E-state index in [0.29, 0.717) is 5.92 Å². The molecule has 2 N–H and O–H groups in total. The summed E-state index contributed by atoms with van der Waals surface area (Å²) < 4.78 is 0. The van der Waals surface area contributed by atoms with Crippen molar-refractivity contribution >= 4 is 10.8 Å². The Morgan fingerprint density at radius 1 is 0.882 bits per heavy atom. The summed E-state index contributed by atoms with van der Waals surface area (Å²) in [6.45, 7) is 0. The summed E-state index contributed by atoms with van der Waals surface area (Å²) in [5, 5.41) is 2.52. The molecule has 1 atom stereocenters. The highest BCUT2D eigenvalue weighted by molar-refractivity contribution is 5.86. The predicted molar refractivity (Wildman–Crippen MR) is 72.6 cm³/mol. The fourth-order valence-electron chi connectivity index (χ4n) is 2.44. The molecule has 84 valence electrons. The second-order valence-electron chi connectivity index (χ2n) is 4.44. The van der Waals surface area contributed by atoms with Crippen LogP contribution >= 0.6 is 0 Å². The summed E-state index contributed by atoms with van der Waals surface area (Å²) in [7, 11) is 0. The standard InChI is InChI=1S/C16H15N/c17-16(13-7-1-2-8-13)15-11-5-9-12-6-3-4-10-14(12)15/h1-11,13,16H,17H2/t16-/m0/s1. The zero-order chi connectivity index (χ0) is 11.7. The molecule has 0 aromatic heterocycles. The lowest BCUT2D eigenvalue weighted by Gasteiger charge is -2.18. The van der Waals surface area contributed by atoms with Crippen molar-refractivity contribution in [2.45, 2.75) is 6.04 Å². The van der Waals surface area contributed by atoms with Gasteiger partial charge in [0.1, 0.15) is 0 Å². The zero-order valence-corrected chi connectivity index (χ0v) is 9.58. The van der Waals surface area contributed by atoms with E-state index in [1.165, 1.54) is 16.3 Å². The van der Waals surface area contributed by atoms with E-state index in [4.69, 9.17) is 5.73 Å². The smallest absolute Gasteiger partial charge is 0.0400 e. The number of hydrogen-bond donors (Lipinski definition) is 1. The SMILES string of the molecule is N[C@H](c1cccc2ccccc12)C1C=CC=C1. The number of benzene rings is 2. The molecule has 0 heterocycles. The molecule has 3 rings (SSSR count). The molecule has 0 saturated heterocycles. The summed E-state index contributed by atoms with van der Waals surface area (Å²) in [6.07, 6.45) is 8.45. The van der Waals surface area contributed by atoms with Crippen LogP contribution in [0.5, 0.6) is 0 Å². The Kier molecular flexibility index (Phi) is 2.54. The van der Waals surface area contributed by atoms with Crippen molar-refractivity contribution < 1.29 is 0 Å². The minimum Gasteiger partial charge on any atom is -0.323 e. The summed E-state index contributed by atoms with van der Waals surface area (Å²) >= 11 is 0. The minimum atomic E-state index is 0.0381. The molecule has 0 saturated carbocycles. The Morgan fingerprint density at radius 3 is 2.41 bits per heavy atom. The summed E-state index contributed by atoms with van der Waals surface area (Å²) in [4.78, 5) is 0. The molecule has 0 unspecified atom stereocenters. The molecule has 0 radical (unpaired) electrons. The van der Waals surface area contributed by atoms with Crippen LogP contribution in [0, 0.1) is 5.92 Å². The highest BCUT2D eigenvalue weighted by atomic mass is 14.6. The van der Waals surface area contributed by atoms with Crippen LogP contribution in [0.3, 0.4) is 0 Å². The Balaban J connectivity index is 2.10. The quantitative estimate of drug-likeness (QED) is 0.824. The van der Waals surface area contributed by atoms with Crippen LogP contribution in [0.25, 0.3) is 10.8 Å². The number of rotatable bonds is 2. The molecule has 2 aromatic rings. The fourth-order valence-corrected chi connectivity index (χ4v) is 2.44. The highest BCUT2D eigenvalue weighted by Gasteiger charge is 2.17. The number of fused-ring (bicyclic) bond motifs is 1. The maximum Gasteiger partial charge on any atom is 0.0400 e. The number of hydrogen-bond acceptors (Lipinski definition) is 1. The predicted octanol–water partition coefficient (Wildman–Crippen LogP) is 3.58. The van der Waals surface area contributed by atoms with Crippen molar-refractivity contribution in [1.29, 1.82) is 0 Å². The van der Waals surface area contributed by atoms with E-state index in [2.05, 4.69) is 66.8 Å². The molecule has 1 nitrogen and oxygen atoms in total. The van der Waals surface area contributed by atoms with Gasteiger partial charge in [-0.1, -0.05) is 66.8 Å². The molecular weight excluding hydrogens is 206 g/mol. The van der Waals surface area contributed by atoms with Crippen molar-refractivity contribution in [2.75, 3.05) is 0 Å². The average molecular weight is 221 g/mol. The summed E-state index contributed by atoms with van der Waals surface area (Å²) in [6, 6.07) is 14.8. The van der Waals surface area contributed by atoms with Gasteiger partial charge < -0.3 is 5.73 Å². The third-order valence-corrected chi connectivity index (χ3v) is 3.37. The van der Waals surface area contributed by atoms with E-state index in [1.54, 1.807) is 0 Å². The topological polar surface area (TPSA) is 26.0 Å². The van der Waals surface area contributed by atoms with Gasteiger partial charge in [-0.15, -0.1) is 0 Å². The molecule has 0 bridgehead atoms. The van der Waals surface area contributed by atoms with E-state index in [9.17, 15) is 0 Å². The lowest BCUT2D eigenvalue weighted by molar-refractivity contribution is 0.629. The monoisotopic (exact) mass is 221 g/mol. The summed E-state index contributed by atoms with van der Waals surface area (Å²) in [5.74, 6) is 0.320. The van der Waals surface area contributed by atoms with E-state index in [1.807, 2.05) is 0 Å². The second kappa shape index (κ2) is 4.19. The first-order chi connectivity index (χ1) is 8.36. The van der Waals surface area contributed by atoms with Crippen LogP contribution in [-0.4, -0.2) is 0 Å². The number of allylic oxidation sites excluding steroid dienone is 2. The van der Waals surface area contributed by atoms with Gasteiger partial charge in [0, 0.05) is 12.0 Å². The van der Waals surface area contributed by atoms with Crippen molar-refractivity contribution in [3.8, 4) is 0 Å². The van der Waals surface area contributed by atoms with Gasteiger partial charge in [-0.25, -0.2) is 0 Å². The van der Waals surface area contributed by atoms with Gasteiger partial charge in [0.15, 0.2) is 0 Å². The van der Waals surface area contributed by atoms with E-state index >= 15 is 0 Å². The molecule has 0 fully saturated rings. The first-order valence-corrected chi connectivity index (χ1v) is 5.94. The Labute approximate surface area is 101 Å². The van der Waals surface area contributed by atoms with E-state index < -0.39 is 0 Å². The molecule has 0 spiro atoms. The van der Waals surface area contributed by atoms with Crippen molar-refractivity contribution in [3.63, 3.8) is 0 Å². The van der Waals surface area contributed by atoms with Gasteiger partial charge in [-0.2, -0.15) is 0 Å². The van der Waals surface area contributed by atoms with E-state index in [0.717, 1.165) is 0 Å². The molecule has 0 amide bonds. The molecule has 1 heteroatoms. The fraction of sp³-hybridized carbons (Fsp3) is 0.125. The Bertz CT molecular complexity index is 578. The normalized spacial score (nSPS) is 16.8. The Hall–Kier alpha value is -1.86. The average Bonchev–Trinajstić information content (AvgIpc) is 2.91. The Morgan fingerprint density at radius 2 is 1.59 bits per heavy atom. The zero-order valence-electron chi connectivity index (χ0n) is 9.58.